The van der Waals surface area contributed by atoms with E-state index < -0.39 is 34.3 Å². The molecule has 0 aromatic heterocycles. The molecule has 0 aliphatic rings. The second kappa shape index (κ2) is 12.8. The number of amides is 2. The molecule has 1 atom stereocenters. The lowest BCUT2D eigenvalue weighted by Crippen LogP contribution is -2.52. The summed E-state index contributed by atoms with van der Waals surface area (Å²) >= 11 is 18.5. The Balaban J connectivity index is 2.50. The highest BCUT2D eigenvalue weighted by Gasteiger charge is 2.32. The molecule has 0 aliphatic heterocycles. The zero-order valence-corrected chi connectivity index (χ0v) is 22.6. The van der Waals surface area contributed by atoms with E-state index in [9.17, 15) is 22.4 Å². The number of nitrogens with zero attached hydrogens (tertiary/aromatic N) is 2. The van der Waals surface area contributed by atoms with E-state index in [2.05, 4.69) is 5.32 Å². The number of nitrogens with one attached hydrogen (secondary N) is 1. The molecular formula is C23H27Cl3FN3O4S. The van der Waals surface area contributed by atoms with Crippen LogP contribution in [-0.2, 0) is 26.2 Å². The van der Waals surface area contributed by atoms with Gasteiger partial charge in [-0.15, -0.1) is 0 Å². The van der Waals surface area contributed by atoms with Crippen LogP contribution < -0.4 is 9.62 Å². The van der Waals surface area contributed by atoms with Gasteiger partial charge >= 0.3 is 0 Å². The summed E-state index contributed by atoms with van der Waals surface area (Å²) in [5, 5.41) is 3.07. The SMILES string of the molecule is CCCNC(=O)C(CC)N(Cc1c(Cl)cccc1Cl)C(=O)CN(c1ccc(F)c(Cl)c1)S(C)(=O)=O. The molecule has 0 heterocycles. The Labute approximate surface area is 220 Å². The van der Waals surface area contributed by atoms with Crippen LogP contribution in [0.15, 0.2) is 36.4 Å². The molecule has 0 aliphatic carbocycles. The molecule has 0 fully saturated rings. The molecule has 7 nitrogen and oxygen atoms in total. The zero-order chi connectivity index (χ0) is 26.3. The maximum Gasteiger partial charge on any atom is 0.244 e. The van der Waals surface area contributed by atoms with Crippen molar-refractivity contribution < 1.29 is 22.4 Å². The van der Waals surface area contributed by atoms with Crippen LogP contribution in [0.2, 0.25) is 15.1 Å². The highest BCUT2D eigenvalue weighted by molar-refractivity contribution is 7.92. The van der Waals surface area contributed by atoms with E-state index in [4.69, 9.17) is 34.8 Å². The maximum absolute atomic E-state index is 13.7. The number of anilines is 1. The summed E-state index contributed by atoms with van der Waals surface area (Å²) in [4.78, 5) is 27.7. The fourth-order valence-corrected chi connectivity index (χ4v) is 4.93. The van der Waals surface area contributed by atoms with Crippen molar-refractivity contribution in [1.29, 1.82) is 0 Å². The molecule has 192 valence electrons. The number of hydrogen-bond acceptors (Lipinski definition) is 4. The predicted octanol–water partition coefficient (Wildman–Crippen LogP) is 4.89. The lowest BCUT2D eigenvalue weighted by molar-refractivity contribution is -0.140. The third-order valence-electron chi connectivity index (χ3n) is 5.20. The summed E-state index contributed by atoms with van der Waals surface area (Å²) in [6, 6.07) is 7.27. The van der Waals surface area contributed by atoms with Crippen molar-refractivity contribution in [3.63, 3.8) is 0 Å². The van der Waals surface area contributed by atoms with Crippen LogP contribution in [0.4, 0.5) is 10.1 Å². The number of benzene rings is 2. The molecule has 12 heteroatoms. The van der Waals surface area contributed by atoms with Crippen LogP contribution in [-0.4, -0.2) is 50.5 Å². The van der Waals surface area contributed by atoms with E-state index in [1.54, 1.807) is 25.1 Å². The Bertz CT molecular complexity index is 1160. The second-order valence-corrected chi connectivity index (χ2v) is 10.9. The Morgan fingerprint density at radius 3 is 2.20 bits per heavy atom. The monoisotopic (exact) mass is 565 g/mol. The van der Waals surface area contributed by atoms with Crippen LogP contribution in [0.1, 0.15) is 32.3 Å². The largest absolute Gasteiger partial charge is 0.354 e. The predicted molar refractivity (Wildman–Crippen MR) is 138 cm³/mol. The lowest BCUT2D eigenvalue weighted by atomic mass is 10.1. The van der Waals surface area contributed by atoms with Crippen molar-refractivity contribution in [3.8, 4) is 0 Å². The molecule has 0 radical (unpaired) electrons. The Hall–Kier alpha value is -2.07. The van der Waals surface area contributed by atoms with Crippen molar-refractivity contribution in [1.82, 2.24) is 10.2 Å². The Kier molecular flexibility index (Phi) is 10.6. The lowest BCUT2D eigenvalue weighted by Gasteiger charge is -2.33. The van der Waals surface area contributed by atoms with Gasteiger partial charge in [0.2, 0.25) is 21.8 Å². The highest BCUT2D eigenvalue weighted by Crippen LogP contribution is 2.28. The molecule has 0 spiro atoms. The molecule has 1 unspecified atom stereocenters. The first kappa shape index (κ1) is 29.2. The van der Waals surface area contributed by atoms with Gasteiger partial charge in [-0.25, -0.2) is 12.8 Å². The van der Waals surface area contributed by atoms with Crippen molar-refractivity contribution in [3.05, 3.63) is 62.8 Å². The van der Waals surface area contributed by atoms with E-state index in [1.165, 1.54) is 11.0 Å². The summed E-state index contributed by atoms with van der Waals surface area (Å²) in [5.41, 5.74) is 0.424. The van der Waals surface area contributed by atoms with Crippen LogP contribution in [0.3, 0.4) is 0 Å². The van der Waals surface area contributed by atoms with Gasteiger partial charge in [-0.05, 0) is 43.2 Å². The third kappa shape index (κ3) is 7.70. The highest BCUT2D eigenvalue weighted by atomic mass is 35.5. The number of carbonyl (C=O) groups is 2. The molecule has 2 rings (SSSR count). The summed E-state index contributed by atoms with van der Waals surface area (Å²) in [6.45, 7) is 3.26. The van der Waals surface area contributed by atoms with Gasteiger partial charge in [-0.2, -0.15) is 0 Å². The fourth-order valence-electron chi connectivity index (χ4n) is 3.39. The van der Waals surface area contributed by atoms with Crippen LogP contribution in [0.5, 0.6) is 0 Å². The maximum atomic E-state index is 13.7. The quantitative estimate of drug-likeness (QED) is 0.420. The van der Waals surface area contributed by atoms with Gasteiger partial charge in [-0.1, -0.05) is 54.7 Å². The van der Waals surface area contributed by atoms with E-state index >= 15 is 0 Å². The van der Waals surface area contributed by atoms with Gasteiger partial charge in [0.25, 0.3) is 0 Å². The Morgan fingerprint density at radius 2 is 1.69 bits per heavy atom. The number of sulfonamides is 1. The fraction of sp³-hybridized carbons (Fsp3) is 0.391. The molecule has 0 saturated heterocycles. The number of carbonyl (C=O) groups excluding carboxylic acids is 2. The standard InChI is InChI=1S/C23H27Cl3FN3O4S/c1-4-11-28-23(32)21(5-2)29(13-16-17(24)7-6-8-18(16)25)22(31)14-30(35(3,33)34)15-9-10-20(27)19(26)12-15/h6-10,12,21H,4-5,11,13-14H2,1-3H3,(H,28,32). The van der Waals surface area contributed by atoms with Gasteiger partial charge in [-0.3, -0.25) is 13.9 Å². The van der Waals surface area contributed by atoms with Gasteiger partial charge in [0.15, 0.2) is 0 Å². The third-order valence-corrected chi connectivity index (χ3v) is 7.33. The molecule has 35 heavy (non-hydrogen) atoms. The second-order valence-electron chi connectivity index (χ2n) is 7.80. The van der Waals surface area contributed by atoms with E-state index in [1.807, 2.05) is 6.92 Å². The summed E-state index contributed by atoms with van der Waals surface area (Å²) < 4.78 is 39.6. The van der Waals surface area contributed by atoms with Crippen molar-refractivity contribution in [2.75, 3.05) is 23.7 Å². The minimum absolute atomic E-state index is 0.00598. The van der Waals surface area contributed by atoms with Gasteiger partial charge in [0.1, 0.15) is 18.4 Å². The summed E-state index contributed by atoms with van der Waals surface area (Å²) in [6.07, 6.45) is 1.86. The van der Waals surface area contributed by atoms with E-state index in [0.29, 0.717) is 28.6 Å². The molecular weight excluding hydrogens is 540 g/mol. The van der Waals surface area contributed by atoms with Crippen LogP contribution in [0, 0.1) is 5.82 Å². The molecule has 0 saturated carbocycles. The van der Waals surface area contributed by atoms with Gasteiger partial charge in [0.05, 0.1) is 17.0 Å². The average molecular weight is 567 g/mol. The summed E-state index contributed by atoms with van der Waals surface area (Å²) in [7, 11) is -3.98. The minimum Gasteiger partial charge on any atom is -0.354 e. The van der Waals surface area contributed by atoms with Crippen molar-refractivity contribution in [2.24, 2.45) is 0 Å². The number of hydrogen-bond donors (Lipinski definition) is 1. The molecule has 0 bridgehead atoms. The Morgan fingerprint density at radius 1 is 1.06 bits per heavy atom. The molecule has 2 aromatic carbocycles. The number of rotatable bonds is 11. The average Bonchev–Trinajstić information content (AvgIpc) is 2.78. The first-order valence-corrected chi connectivity index (χ1v) is 13.8. The molecule has 2 aromatic rings. The van der Waals surface area contributed by atoms with Gasteiger partial charge < -0.3 is 10.2 Å². The zero-order valence-electron chi connectivity index (χ0n) is 19.5. The first-order valence-electron chi connectivity index (χ1n) is 10.8. The van der Waals surface area contributed by atoms with Crippen molar-refractivity contribution in [2.45, 2.75) is 39.3 Å². The van der Waals surface area contributed by atoms with Crippen molar-refractivity contribution >= 4 is 62.3 Å². The minimum atomic E-state index is -3.98. The molecule has 1 N–H and O–H groups in total. The first-order chi connectivity index (χ1) is 16.4. The smallest absolute Gasteiger partial charge is 0.244 e. The molecule has 2 amide bonds. The van der Waals surface area contributed by atoms with Gasteiger partial charge in [0, 0.05) is 28.7 Å². The normalized spacial score (nSPS) is 12.2. The van der Waals surface area contributed by atoms with E-state index in [-0.39, 0.29) is 29.6 Å². The summed E-state index contributed by atoms with van der Waals surface area (Å²) in [5.74, 6) is -1.80. The topological polar surface area (TPSA) is 86.8 Å². The van der Waals surface area contributed by atoms with E-state index in [0.717, 1.165) is 22.7 Å². The van der Waals surface area contributed by atoms with Crippen LogP contribution in [0.25, 0.3) is 0 Å². The van der Waals surface area contributed by atoms with Crippen LogP contribution >= 0.6 is 34.8 Å². The number of halogens is 4.